The number of hydrogen-bond donors (Lipinski definition) is 2. The monoisotopic (exact) mass is 511 g/mol. The van der Waals surface area contributed by atoms with Gasteiger partial charge >= 0.3 is 7.60 Å². The van der Waals surface area contributed by atoms with Crippen LogP contribution in [0.15, 0.2) is 34.9 Å². The molecule has 4 fully saturated rings. The fourth-order valence-corrected chi connectivity index (χ4v) is 8.74. The molecule has 6 rings (SSSR count). The van der Waals surface area contributed by atoms with E-state index in [9.17, 15) is 19.1 Å². The Kier molecular flexibility index (Phi) is 6.48. The van der Waals surface area contributed by atoms with Crippen LogP contribution in [0.3, 0.4) is 0 Å². The molecule has 0 unspecified atom stereocenters. The largest absolute Gasteiger partial charge is 0.349 e. The smallest absolute Gasteiger partial charge is 0.321 e. The molecule has 1 aromatic heterocycles. The molecular weight excluding hydrogens is 473 g/mol. The second kappa shape index (κ2) is 9.50. The highest BCUT2D eigenvalue weighted by Gasteiger charge is 2.46. The van der Waals surface area contributed by atoms with Crippen molar-refractivity contribution < 1.29 is 14.4 Å². The second-order valence-corrected chi connectivity index (χ2v) is 13.5. The quantitative estimate of drug-likeness (QED) is 0.540. The second-order valence-electron chi connectivity index (χ2n) is 12.0. The number of nitrogens with zero attached hydrogens (tertiary/aromatic N) is 3. The van der Waals surface area contributed by atoms with Gasteiger partial charge in [-0.15, -0.1) is 0 Å². The maximum absolute atomic E-state index is 13.6. The molecule has 4 aliphatic rings. The number of piperidine rings is 2. The molecule has 2 aliphatic heterocycles. The predicted octanol–water partition coefficient (Wildman–Crippen LogP) is 5.32. The summed E-state index contributed by atoms with van der Waals surface area (Å²) >= 11 is 0. The Balaban J connectivity index is 1.33. The summed E-state index contributed by atoms with van der Waals surface area (Å²) in [5, 5.41) is 0. The molecular formula is C28H38N3O4P. The summed E-state index contributed by atoms with van der Waals surface area (Å²) in [6, 6.07) is 9.39. The van der Waals surface area contributed by atoms with E-state index in [1.54, 1.807) is 0 Å². The molecule has 4 atom stereocenters. The highest BCUT2D eigenvalue weighted by Crippen LogP contribution is 2.48. The molecule has 0 amide bonds. The molecule has 1 aromatic carbocycles. The molecule has 0 spiro atoms. The van der Waals surface area contributed by atoms with Gasteiger partial charge in [-0.3, -0.25) is 14.3 Å². The molecule has 2 aromatic rings. The molecule has 4 bridgehead atoms. The minimum absolute atomic E-state index is 0.0715. The molecule has 7 nitrogen and oxygen atoms in total. The van der Waals surface area contributed by atoms with Crippen molar-refractivity contribution in [1.29, 1.82) is 0 Å². The van der Waals surface area contributed by atoms with Gasteiger partial charge in [-0.1, -0.05) is 25.5 Å². The number of rotatable bonds is 4. The van der Waals surface area contributed by atoms with Crippen molar-refractivity contribution >= 4 is 24.7 Å². The van der Waals surface area contributed by atoms with Crippen LogP contribution < -0.4 is 5.56 Å². The third kappa shape index (κ3) is 4.76. The zero-order chi connectivity index (χ0) is 25.0. The molecule has 2 N–H and O–H groups in total. The number of para-hydroxylation sites is 2. The molecule has 8 heteroatoms. The lowest BCUT2D eigenvalue weighted by Gasteiger charge is -2.55. The van der Waals surface area contributed by atoms with Gasteiger partial charge in [0.05, 0.1) is 11.0 Å². The van der Waals surface area contributed by atoms with Gasteiger partial charge in [-0.25, -0.2) is 4.98 Å². The molecule has 194 valence electrons. The highest BCUT2D eigenvalue weighted by molar-refractivity contribution is 7.55. The van der Waals surface area contributed by atoms with Crippen molar-refractivity contribution in [2.45, 2.75) is 95.3 Å². The maximum Gasteiger partial charge on any atom is 0.349 e. The number of hydrogen-bond acceptors (Lipinski definition) is 4. The van der Waals surface area contributed by atoms with E-state index in [-0.39, 0.29) is 17.3 Å². The summed E-state index contributed by atoms with van der Waals surface area (Å²) in [6.07, 6.45) is 13.6. The van der Waals surface area contributed by atoms with Gasteiger partial charge in [0, 0.05) is 30.0 Å². The van der Waals surface area contributed by atoms with Crippen LogP contribution in [0.2, 0.25) is 0 Å². The SMILES string of the molecule is CC1C[C@H]2CC(N3[C@H]4CCC[C@H]3CC(n3c(=O)c(/C=C/P(=O)(O)O)nc5ccccc53)C4)C[C@H](C1)C2. The van der Waals surface area contributed by atoms with Crippen LogP contribution in [0.25, 0.3) is 17.1 Å². The first-order valence-corrected chi connectivity index (χ1v) is 15.5. The Morgan fingerprint density at radius 1 is 0.917 bits per heavy atom. The number of benzene rings is 1. The molecule has 2 saturated heterocycles. The predicted molar refractivity (Wildman–Crippen MR) is 142 cm³/mol. The summed E-state index contributed by atoms with van der Waals surface area (Å²) in [5.41, 5.74) is 1.34. The molecule has 0 radical (unpaired) electrons. The minimum atomic E-state index is -4.39. The van der Waals surface area contributed by atoms with Crippen LogP contribution in [0.5, 0.6) is 0 Å². The van der Waals surface area contributed by atoms with E-state index in [0.29, 0.717) is 23.6 Å². The van der Waals surface area contributed by atoms with Crippen molar-refractivity contribution in [1.82, 2.24) is 14.5 Å². The van der Waals surface area contributed by atoms with Gasteiger partial charge in [0.15, 0.2) is 0 Å². The molecule has 36 heavy (non-hydrogen) atoms. The fraction of sp³-hybridized carbons (Fsp3) is 0.643. The zero-order valence-corrected chi connectivity index (χ0v) is 22.0. The third-order valence-corrected chi connectivity index (χ3v) is 9.93. The van der Waals surface area contributed by atoms with Crippen LogP contribution in [0.4, 0.5) is 0 Å². The average Bonchev–Trinajstić information content (AvgIpc) is 2.80. The Morgan fingerprint density at radius 2 is 1.58 bits per heavy atom. The Morgan fingerprint density at radius 3 is 2.25 bits per heavy atom. The summed E-state index contributed by atoms with van der Waals surface area (Å²) in [7, 11) is -4.39. The van der Waals surface area contributed by atoms with Crippen molar-refractivity contribution in [2.24, 2.45) is 17.8 Å². The molecule has 2 saturated carbocycles. The summed E-state index contributed by atoms with van der Waals surface area (Å²) in [6.45, 7) is 2.43. The first kappa shape index (κ1) is 24.5. The van der Waals surface area contributed by atoms with Crippen molar-refractivity contribution in [3.63, 3.8) is 0 Å². The van der Waals surface area contributed by atoms with Crippen LogP contribution in [0, 0.1) is 17.8 Å². The van der Waals surface area contributed by atoms with Crippen LogP contribution in [-0.4, -0.2) is 42.4 Å². The van der Waals surface area contributed by atoms with Gasteiger partial charge in [0.25, 0.3) is 5.56 Å². The van der Waals surface area contributed by atoms with Gasteiger partial charge < -0.3 is 14.4 Å². The first-order valence-electron chi connectivity index (χ1n) is 13.8. The summed E-state index contributed by atoms with van der Waals surface area (Å²) < 4.78 is 13.3. The Bertz CT molecular complexity index is 1240. The van der Waals surface area contributed by atoms with Gasteiger partial charge in [0.1, 0.15) is 5.69 Å². The van der Waals surface area contributed by atoms with E-state index in [4.69, 9.17) is 0 Å². The van der Waals surface area contributed by atoms with Crippen LogP contribution in [-0.2, 0) is 4.57 Å². The van der Waals surface area contributed by atoms with Gasteiger partial charge in [-0.05, 0) is 93.7 Å². The highest BCUT2D eigenvalue weighted by atomic mass is 31.2. The van der Waals surface area contributed by atoms with Gasteiger partial charge in [-0.2, -0.15) is 0 Å². The normalized spacial score (nSPS) is 35.4. The first-order chi connectivity index (χ1) is 17.2. The Hall–Kier alpha value is -1.79. The van der Waals surface area contributed by atoms with Crippen molar-refractivity contribution in [3.8, 4) is 0 Å². The van der Waals surface area contributed by atoms with E-state index >= 15 is 0 Å². The standard InChI is InChI=1S/C28H38N3O4P/c1-18-11-19-13-20(12-18)15-23(14-19)30-21-5-4-6-22(30)17-24(16-21)31-27-8-3-2-7-25(27)29-26(28(31)32)9-10-36(33,34)35/h2-3,7-10,18-24H,4-6,11-17H2,1H3,(H2,33,34,35)/b10-9+/t18?,19-,20-,21+,22+,23?/m1/s1. The summed E-state index contributed by atoms with van der Waals surface area (Å²) in [5.74, 6) is 3.42. The topological polar surface area (TPSA) is 95.7 Å². The Labute approximate surface area is 212 Å². The van der Waals surface area contributed by atoms with Crippen LogP contribution >= 0.6 is 7.60 Å². The number of aromatic nitrogens is 2. The van der Waals surface area contributed by atoms with E-state index in [1.165, 1.54) is 57.4 Å². The zero-order valence-electron chi connectivity index (χ0n) is 21.1. The van der Waals surface area contributed by atoms with E-state index in [2.05, 4.69) is 16.8 Å². The maximum atomic E-state index is 13.6. The van der Waals surface area contributed by atoms with E-state index in [1.807, 2.05) is 28.8 Å². The van der Waals surface area contributed by atoms with Crippen molar-refractivity contribution in [3.05, 3.63) is 46.1 Å². The molecule has 2 aliphatic carbocycles. The van der Waals surface area contributed by atoms with E-state index < -0.39 is 7.60 Å². The molecule has 3 heterocycles. The lowest BCUT2D eigenvalue weighted by Crippen LogP contribution is -2.58. The van der Waals surface area contributed by atoms with Crippen molar-refractivity contribution in [2.75, 3.05) is 0 Å². The average molecular weight is 512 g/mol. The van der Waals surface area contributed by atoms with Gasteiger partial charge in [0.2, 0.25) is 0 Å². The third-order valence-electron chi connectivity index (χ3n) is 9.39. The minimum Gasteiger partial charge on any atom is -0.321 e. The van der Waals surface area contributed by atoms with E-state index in [0.717, 1.165) is 41.9 Å². The summed E-state index contributed by atoms with van der Waals surface area (Å²) in [4.78, 5) is 39.6. The lowest BCUT2D eigenvalue weighted by atomic mass is 9.65. The number of fused-ring (bicyclic) bond motifs is 5. The fourth-order valence-electron chi connectivity index (χ4n) is 8.40. The van der Waals surface area contributed by atoms with Crippen LogP contribution in [0.1, 0.15) is 82.9 Å². The lowest BCUT2D eigenvalue weighted by molar-refractivity contribution is -0.0524.